The van der Waals surface area contributed by atoms with E-state index < -0.39 is 12.0 Å². The topological polar surface area (TPSA) is 61.6 Å². The zero-order valence-electron chi connectivity index (χ0n) is 12.9. The predicted octanol–water partition coefficient (Wildman–Crippen LogP) is 2.02. The molecular formula is C16H19ClN4O2. The van der Waals surface area contributed by atoms with Gasteiger partial charge in [0.25, 0.3) is 0 Å². The highest BCUT2D eigenvalue weighted by atomic mass is 35.5. The van der Waals surface area contributed by atoms with Crippen molar-refractivity contribution in [3.8, 4) is 0 Å². The zero-order chi connectivity index (χ0) is 16.4. The molecule has 122 valence electrons. The summed E-state index contributed by atoms with van der Waals surface area (Å²) in [4.78, 5) is 20.0. The maximum atomic E-state index is 11.8. The molecule has 0 radical (unpaired) electrons. The van der Waals surface area contributed by atoms with Gasteiger partial charge >= 0.3 is 5.97 Å². The Morgan fingerprint density at radius 3 is 2.39 bits per heavy atom. The van der Waals surface area contributed by atoms with Crippen LogP contribution in [0.25, 0.3) is 0 Å². The number of hydrogen-bond donors (Lipinski definition) is 1. The lowest BCUT2D eigenvalue weighted by atomic mass is 10.1. The van der Waals surface area contributed by atoms with Crippen LogP contribution < -0.4 is 4.90 Å². The van der Waals surface area contributed by atoms with Crippen molar-refractivity contribution in [2.75, 3.05) is 31.1 Å². The minimum absolute atomic E-state index is 0.255. The lowest BCUT2D eigenvalue weighted by Crippen LogP contribution is -2.49. The molecule has 3 rings (SSSR count). The number of nitrogens with zero attached hydrogens (tertiary/aromatic N) is 4. The summed E-state index contributed by atoms with van der Waals surface area (Å²) in [6.07, 6.45) is 1.55. The number of halogens is 1. The molecule has 23 heavy (non-hydrogen) atoms. The van der Waals surface area contributed by atoms with Crippen molar-refractivity contribution in [2.24, 2.45) is 7.05 Å². The van der Waals surface area contributed by atoms with Gasteiger partial charge in [0.15, 0.2) is 11.2 Å². The van der Waals surface area contributed by atoms with Gasteiger partial charge in [0, 0.05) is 38.9 Å². The Balaban J connectivity index is 1.76. The summed E-state index contributed by atoms with van der Waals surface area (Å²) in [6, 6.07) is 9.39. The Morgan fingerprint density at radius 2 is 1.87 bits per heavy atom. The van der Waals surface area contributed by atoms with Crippen LogP contribution in [-0.2, 0) is 11.8 Å². The summed E-state index contributed by atoms with van der Waals surface area (Å²) >= 11 is 6.10. The van der Waals surface area contributed by atoms with Crippen molar-refractivity contribution in [2.45, 2.75) is 6.04 Å². The van der Waals surface area contributed by atoms with Crippen LogP contribution in [-0.4, -0.2) is 51.7 Å². The van der Waals surface area contributed by atoms with Crippen LogP contribution in [0.1, 0.15) is 11.7 Å². The summed E-state index contributed by atoms with van der Waals surface area (Å²) in [5.41, 5.74) is 1.70. The van der Waals surface area contributed by atoms with Crippen LogP contribution in [0.4, 0.5) is 5.69 Å². The summed E-state index contributed by atoms with van der Waals surface area (Å²) in [5, 5.41) is 9.93. The van der Waals surface area contributed by atoms with E-state index in [4.69, 9.17) is 11.6 Å². The van der Waals surface area contributed by atoms with Gasteiger partial charge < -0.3 is 14.6 Å². The van der Waals surface area contributed by atoms with E-state index in [2.05, 4.69) is 22.0 Å². The van der Waals surface area contributed by atoms with Crippen LogP contribution in [0.2, 0.25) is 5.15 Å². The molecule has 1 fully saturated rings. The molecule has 0 bridgehead atoms. The molecule has 1 aliphatic rings. The number of benzene rings is 1. The Hall–Kier alpha value is -2.05. The Kier molecular flexibility index (Phi) is 4.54. The van der Waals surface area contributed by atoms with Crippen LogP contribution in [0.3, 0.4) is 0 Å². The summed E-state index contributed by atoms with van der Waals surface area (Å²) < 4.78 is 1.69. The van der Waals surface area contributed by atoms with E-state index in [1.807, 2.05) is 23.1 Å². The SMILES string of the molecule is Cn1cnc(Cl)c1C(C(=O)O)N1CCN(c2ccccc2)CC1. The van der Waals surface area contributed by atoms with Gasteiger partial charge in [-0.05, 0) is 12.1 Å². The monoisotopic (exact) mass is 334 g/mol. The number of carboxylic acid groups (broad SMARTS) is 1. The van der Waals surface area contributed by atoms with E-state index in [-0.39, 0.29) is 5.15 Å². The average Bonchev–Trinajstić information content (AvgIpc) is 2.89. The molecule has 1 aromatic carbocycles. The second-order valence-corrected chi connectivity index (χ2v) is 5.99. The molecule has 1 aliphatic heterocycles. The number of rotatable bonds is 4. The number of carbonyl (C=O) groups is 1. The number of aliphatic carboxylic acids is 1. The minimum Gasteiger partial charge on any atom is -0.480 e. The third-order valence-electron chi connectivity index (χ3n) is 4.23. The van der Waals surface area contributed by atoms with E-state index in [0.29, 0.717) is 18.8 Å². The van der Waals surface area contributed by atoms with Crippen LogP contribution in [0, 0.1) is 0 Å². The number of para-hydroxylation sites is 1. The molecule has 1 atom stereocenters. The van der Waals surface area contributed by atoms with E-state index in [0.717, 1.165) is 18.8 Å². The standard InChI is InChI=1S/C16H19ClN4O2/c1-19-11-18-15(17)13(19)14(16(22)23)21-9-7-20(8-10-21)12-5-3-2-4-6-12/h2-6,11,14H,7-10H2,1H3,(H,22,23). The fourth-order valence-electron chi connectivity index (χ4n) is 3.04. The first-order chi connectivity index (χ1) is 11.1. The molecule has 6 nitrogen and oxygen atoms in total. The largest absolute Gasteiger partial charge is 0.480 e. The van der Waals surface area contributed by atoms with Gasteiger partial charge in [0.2, 0.25) is 0 Å². The quantitative estimate of drug-likeness (QED) is 0.927. The zero-order valence-corrected chi connectivity index (χ0v) is 13.6. The van der Waals surface area contributed by atoms with Crippen LogP contribution in [0.15, 0.2) is 36.7 Å². The molecule has 0 saturated carbocycles. The molecule has 1 N–H and O–H groups in total. The van der Waals surface area contributed by atoms with Gasteiger partial charge in [-0.25, -0.2) is 4.98 Å². The highest BCUT2D eigenvalue weighted by Gasteiger charge is 2.34. The lowest BCUT2D eigenvalue weighted by molar-refractivity contribution is -0.144. The number of imidazole rings is 1. The Morgan fingerprint density at radius 1 is 1.22 bits per heavy atom. The maximum absolute atomic E-state index is 11.8. The van der Waals surface area contributed by atoms with Gasteiger partial charge in [-0.3, -0.25) is 9.69 Å². The number of aromatic nitrogens is 2. The Bertz CT molecular complexity index is 661. The fraction of sp³-hybridized carbons (Fsp3) is 0.375. The van der Waals surface area contributed by atoms with E-state index >= 15 is 0 Å². The molecule has 0 amide bonds. The molecule has 1 aromatic heterocycles. The number of hydrogen-bond acceptors (Lipinski definition) is 4. The van der Waals surface area contributed by atoms with Gasteiger partial charge in [0.05, 0.1) is 12.0 Å². The Labute approximate surface area is 139 Å². The average molecular weight is 335 g/mol. The molecule has 0 aliphatic carbocycles. The highest BCUT2D eigenvalue weighted by molar-refractivity contribution is 6.30. The molecule has 2 heterocycles. The minimum atomic E-state index is -0.899. The first kappa shape index (κ1) is 15.8. The lowest BCUT2D eigenvalue weighted by Gasteiger charge is -2.38. The maximum Gasteiger partial charge on any atom is 0.327 e. The molecular weight excluding hydrogens is 316 g/mol. The van der Waals surface area contributed by atoms with Gasteiger partial charge in [-0.1, -0.05) is 29.8 Å². The van der Waals surface area contributed by atoms with Crippen LogP contribution >= 0.6 is 11.6 Å². The summed E-state index contributed by atoms with van der Waals surface area (Å²) in [7, 11) is 1.77. The third kappa shape index (κ3) is 3.18. The normalized spacial score (nSPS) is 17.2. The van der Waals surface area contributed by atoms with Crippen LogP contribution in [0.5, 0.6) is 0 Å². The number of anilines is 1. The highest BCUT2D eigenvalue weighted by Crippen LogP contribution is 2.28. The summed E-state index contributed by atoms with van der Waals surface area (Å²) in [6.45, 7) is 2.88. The predicted molar refractivity (Wildman–Crippen MR) is 88.8 cm³/mol. The molecule has 1 saturated heterocycles. The molecule has 1 unspecified atom stereocenters. The second-order valence-electron chi connectivity index (χ2n) is 5.63. The van der Waals surface area contributed by atoms with E-state index in [9.17, 15) is 9.90 Å². The fourth-order valence-corrected chi connectivity index (χ4v) is 3.32. The van der Waals surface area contributed by atoms with Crippen molar-refractivity contribution in [1.29, 1.82) is 0 Å². The number of carboxylic acids is 1. The van der Waals surface area contributed by atoms with Crippen molar-refractivity contribution in [1.82, 2.24) is 14.5 Å². The summed E-state index contributed by atoms with van der Waals surface area (Å²) in [5.74, 6) is -0.899. The number of aryl methyl sites for hydroxylation is 1. The molecule has 2 aromatic rings. The van der Waals surface area contributed by atoms with Crippen molar-refractivity contribution >= 4 is 23.3 Å². The van der Waals surface area contributed by atoms with Gasteiger partial charge in [0.1, 0.15) is 0 Å². The van der Waals surface area contributed by atoms with E-state index in [1.54, 1.807) is 17.9 Å². The molecule has 7 heteroatoms. The van der Waals surface area contributed by atoms with Crippen molar-refractivity contribution < 1.29 is 9.90 Å². The third-order valence-corrected chi connectivity index (χ3v) is 4.52. The van der Waals surface area contributed by atoms with Crippen molar-refractivity contribution in [3.05, 3.63) is 47.5 Å². The smallest absolute Gasteiger partial charge is 0.327 e. The van der Waals surface area contributed by atoms with Gasteiger partial charge in [-0.15, -0.1) is 0 Å². The van der Waals surface area contributed by atoms with Gasteiger partial charge in [-0.2, -0.15) is 0 Å². The van der Waals surface area contributed by atoms with E-state index in [1.165, 1.54) is 0 Å². The first-order valence-corrected chi connectivity index (χ1v) is 7.89. The second kappa shape index (κ2) is 6.60. The molecule has 0 spiro atoms. The number of piperazine rings is 1. The van der Waals surface area contributed by atoms with Crippen molar-refractivity contribution in [3.63, 3.8) is 0 Å². The first-order valence-electron chi connectivity index (χ1n) is 7.51.